The molecule has 0 aliphatic carbocycles. The first-order chi connectivity index (χ1) is 9.90. The minimum atomic E-state index is -3.63. The predicted octanol–water partition coefficient (Wildman–Crippen LogP) is 2.53. The number of benzene rings is 1. The lowest BCUT2D eigenvalue weighted by molar-refractivity contribution is 0.171. The van der Waals surface area contributed by atoms with E-state index in [0.717, 1.165) is 0 Å². The van der Waals surface area contributed by atoms with Crippen LogP contribution in [0.15, 0.2) is 23.1 Å². The molecule has 21 heavy (non-hydrogen) atoms. The number of halogens is 1. The molecule has 1 aromatic rings. The van der Waals surface area contributed by atoms with Gasteiger partial charge in [0.25, 0.3) is 0 Å². The van der Waals surface area contributed by atoms with Crippen LogP contribution in [-0.2, 0) is 10.0 Å². The number of alkyl halides is 1. The topological polar surface area (TPSA) is 64.6 Å². The summed E-state index contributed by atoms with van der Waals surface area (Å²) in [6.07, 6.45) is 1.22. The molecule has 0 fully saturated rings. The average Bonchev–Trinajstić information content (AvgIpc) is 2.46. The summed E-state index contributed by atoms with van der Waals surface area (Å²) < 4.78 is 38.6. The first kappa shape index (κ1) is 16.4. The summed E-state index contributed by atoms with van der Waals surface area (Å²) in [6, 6.07) is 4.63. The van der Waals surface area contributed by atoms with Crippen molar-refractivity contribution < 1.29 is 17.9 Å². The minimum Gasteiger partial charge on any atom is -0.486 e. The van der Waals surface area contributed by atoms with Crippen LogP contribution in [-0.4, -0.2) is 33.1 Å². The molecule has 0 amide bonds. The van der Waals surface area contributed by atoms with Gasteiger partial charge in [-0.1, -0.05) is 6.92 Å². The molecule has 1 aromatic carbocycles. The third kappa shape index (κ3) is 3.81. The van der Waals surface area contributed by atoms with Gasteiger partial charge >= 0.3 is 0 Å². The number of hydrogen-bond donors (Lipinski definition) is 1. The van der Waals surface area contributed by atoms with Crippen molar-refractivity contribution in [2.75, 3.05) is 19.1 Å². The maximum Gasteiger partial charge on any atom is 0.241 e. The highest BCUT2D eigenvalue weighted by atomic mass is 35.5. The molecule has 2 rings (SSSR count). The Morgan fingerprint density at radius 3 is 2.57 bits per heavy atom. The van der Waals surface area contributed by atoms with Crippen molar-refractivity contribution in [1.29, 1.82) is 0 Å². The summed E-state index contributed by atoms with van der Waals surface area (Å²) in [4.78, 5) is 0.168. The second-order valence-electron chi connectivity index (χ2n) is 5.26. The van der Waals surface area contributed by atoms with Crippen molar-refractivity contribution in [2.45, 2.75) is 37.1 Å². The molecule has 118 valence electrons. The molecule has 0 saturated heterocycles. The standard InChI is InChI=1S/C14H20ClNO4S/c1-3-14(2,6-7-15)16-21(17,18)11-4-5-12-13(10-11)20-9-8-19-12/h4-5,10,16H,3,6-9H2,1-2H3. The van der Waals surface area contributed by atoms with Gasteiger partial charge in [0.15, 0.2) is 11.5 Å². The fourth-order valence-corrected chi connectivity index (χ4v) is 4.02. The van der Waals surface area contributed by atoms with Gasteiger partial charge in [0.05, 0.1) is 4.90 Å². The van der Waals surface area contributed by atoms with Crippen LogP contribution in [0.3, 0.4) is 0 Å². The number of ether oxygens (including phenoxy) is 2. The molecule has 0 spiro atoms. The van der Waals surface area contributed by atoms with Crippen LogP contribution >= 0.6 is 11.6 Å². The fourth-order valence-electron chi connectivity index (χ4n) is 2.08. The third-order valence-corrected chi connectivity index (χ3v) is 5.46. The molecular weight excluding hydrogens is 314 g/mol. The maximum atomic E-state index is 12.5. The van der Waals surface area contributed by atoms with Crippen LogP contribution in [0.1, 0.15) is 26.7 Å². The Morgan fingerprint density at radius 1 is 1.29 bits per heavy atom. The van der Waals surface area contributed by atoms with Gasteiger partial charge < -0.3 is 9.47 Å². The summed E-state index contributed by atoms with van der Waals surface area (Å²) in [5.74, 6) is 1.42. The van der Waals surface area contributed by atoms with Crippen molar-refractivity contribution in [1.82, 2.24) is 4.72 Å². The maximum absolute atomic E-state index is 12.5. The van der Waals surface area contributed by atoms with Crippen LogP contribution < -0.4 is 14.2 Å². The van der Waals surface area contributed by atoms with Crippen molar-refractivity contribution in [3.05, 3.63) is 18.2 Å². The van der Waals surface area contributed by atoms with Gasteiger partial charge in [0.1, 0.15) is 13.2 Å². The summed E-state index contributed by atoms with van der Waals surface area (Å²) in [7, 11) is -3.63. The van der Waals surface area contributed by atoms with E-state index in [1.165, 1.54) is 12.1 Å². The van der Waals surface area contributed by atoms with Gasteiger partial charge in [0.2, 0.25) is 10.0 Å². The Labute approximate surface area is 130 Å². The largest absolute Gasteiger partial charge is 0.486 e. The lowest BCUT2D eigenvalue weighted by Gasteiger charge is -2.28. The van der Waals surface area contributed by atoms with Crippen molar-refractivity contribution in [2.24, 2.45) is 0 Å². The normalized spacial score (nSPS) is 17.3. The van der Waals surface area contributed by atoms with E-state index in [1.54, 1.807) is 6.07 Å². The van der Waals surface area contributed by atoms with E-state index in [4.69, 9.17) is 21.1 Å². The lowest BCUT2D eigenvalue weighted by Crippen LogP contribution is -2.45. The summed E-state index contributed by atoms with van der Waals surface area (Å²) in [5.41, 5.74) is -0.562. The van der Waals surface area contributed by atoms with Crippen molar-refractivity contribution in [3.8, 4) is 11.5 Å². The monoisotopic (exact) mass is 333 g/mol. The Hall–Kier alpha value is -0.980. The molecule has 0 bridgehead atoms. The molecule has 1 aliphatic heterocycles. The molecule has 1 N–H and O–H groups in total. The Bertz CT molecular complexity index is 605. The molecule has 5 nitrogen and oxygen atoms in total. The van der Waals surface area contributed by atoms with E-state index >= 15 is 0 Å². The molecule has 1 atom stereocenters. The van der Waals surface area contributed by atoms with Gasteiger partial charge in [-0.2, -0.15) is 0 Å². The third-order valence-electron chi connectivity index (χ3n) is 3.63. The van der Waals surface area contributed by atoms with E-state index in [1.807, 2.05) is 13.8 Å². The smallest absolute Gasteiger partial charge is 0.241 e. The number of hydrogen-bond acceptors (Lipinski definition) is 4. The van der Waals surface area contributed by atoms with Crippen LogP contribution in [0.5, 0.6) is 11.5 Å². The summed E-state index contributed by atoms with van der Waals surface area (Å²) >= 11 is 5.76. The molecule has 1 aliphatic rings. The second kappa shape index (κ2) is 6.42. The Kier molecular flexibility index (Phi) is 5.01. The molecule has 0 radical (unpaired) electrons. The van der Waals surface area contributed by atoms with E-state index in [0.29, 0.717) is 43.4 Å². The van der Waals surface area contributed by atoms with E-state index < -0.39 is 15.6 Å². The highest BCUT2D eigenvalue weighted by Gasteiger charge is 2.29. The number of sulfonamides is 1. The molecule has 0 saturated carbocycles. The van der Waals surface area contributed by atoms with Gasteiger partial charge in [-0.3, -0.25) is 0 Å². The molecule has 7 heteroatoms. The zero-order chi connectivity index (χ0) is 15.5. The van der Waals surface area contributed by atoms with Crippen molar-refractivity contribution in [3.63, 3.8) is 0 Å². The Morgan fingerprint density at radius 2 is 1.95 bits per heavy atom. The minimum absolute atomic E-state index is 0.168. The van der Waals surface area contributed by atoms with Gasteiger partial charge in [-0.25, -0.2) is 13.1 Å². The quantitative estimate of drug-likeness (QED) is 0.812. The first-order valence-corrected chi connectivity index (χ1v) is 8.91. The highest BCUT2D eigenvalue weighted by molar-refractivity contribution is 7.89. The predicted molar refractivity (Wildman–Crippen MR) is 81.8 cm³/mol. The number of rotatable bonds is 6. The van der Waals surface area contributed by atoms with Crippen molar-refractivity contribution >= 4 is 21.6 Å². The van der Waals surface area contributed by atoms with Gasteiger partial charge in [0, 0.05) is 17.5 Å². The average molecular weight is 334 g/mol. The van der Waals surface area contributed by atoms with Gasteiger partial charge in [-0.15, -0.1) is 11.6 Å². The van der Waals surface area contributed by atoms with Crippen LogP contribution in [0.25, 0.3) is 0 Å². The molecule has 1 unspecified atom stereocenters. The number of fused-ring (bicyclic) bond motifs is 1. The van der Waals surface area contributed by atoms with E-state index in [2.05, 4.69) is 4.72 Å². The van der Waals surface area contributed by atoms with Gasteiger partial charge in [-0.05, 0) is 31.9 Å². The summed E-state index contributed by atoms with van der Waals surface area (Å²) in [6.45, 7) is 4.67. The highest BCUT2D eigenvalue weighted by Crippen LogP contribution is 2.32. The second-order valence-corrected chi connectivity index (χ2v) is 7.32. The number of nitrogens with one attached hydrogen (secondary N) is 1. The van der Waals surface area contributed by atoms with Crippen LogP contribution in [0, 0.1) is 0 Å². The fraction of sp³-hybridized carbons (Fsp3) is 0.571. The SMILES string of the molecule is CCC(C)(CCCl)NS(=O)(=O)c1ccc2c(c1)OCCO2. The zero-order valence-corrected chi connectivity index (χ0v) is 13.8. The lowest BCUT2D eigenvalue weighted by atomic mass is 9.97. The van der Waals surface area contributed by atoms with E-state index in [-0.39, 0.29) is 4.90 Å². The van der Waals surface area contributed by atoms with E-state index in [9.17, 15) is 8.42 Å². The first-order valence-electron chi connectivity index (χ1n) is 6.90. The zero-order valence-electron chi connectivity index (χ0n) is 12.2. The van der Waals surface area contributed by atoms with Crippen LogP contribution in [0.4, 0.5) is 0 Å². The van der Waals surface area contributed by atoms with Crippen LogP contribution in [0.2, 0.25) is 0 Å². The molecule has 0 aromatic heterocycles. The summed E-state index contributed by atoms with van der Waals surface area (Å²) in [5, 5.41) is 0. The molecular formula is C14H20ClNO4S. The Balaban J connectivity index is 2.27. The molecule has 1 heterocycles.